The number of thiazole rings is 1. The largest absolute Gasteiger partial charge is 0.361 e. The Hall–Kier alpha value is -1.95. The van der Waals surface area contributed by atoms with Gasteiger partial charge in [-0.05, 0) is 36.3 Å². The number of nitrogens with zero attached hydrogens (tertiary/aromatic N) is 4. The fraction of sp³-hybridized carbons (Fsp3) is 0.450. The number of thioether (sulfide) groups is 1. The molecule has 3 heterocycles. The van der Waals surface area contributed by atoms with Crippen molar-refractivity contribution in [3.8, 4) is 0 Å². The van der Waals surface area contributed by atoms with Crippen LogP contribution in [-0.4, -0.2) is 60.1 Å². The third-order valence-corrected chi connectivity index (χ3v) is 8.59. The van der Waals surface area contributed by atoms with Crippen LogP contribution in [0.15, 0.2) is 40.4 Å². The zero-order valence-corrected chi connectivity index (χ0v) is 20.1. The van der Waals surface area contributed by atoms with Crippen molar-refractivity contribution in [3.05, 3.63) is 30.6 Å². The summed E-state index contributed by atoms with van der Waals surface area (Å²) >= 11 is 3.09. The van der Waals surface area contributed by atoms with E-state index in [2.05, 4.69) is 39.4 Å². The van der Waals surface area contributed by atoms with Gasteiger partial charge in [0, 0.05) is 43.5 Å². The maximum absolute atomic E-state index is 12.7. The van der Waals surface area contributed by atoms with Crippen LogP contribution in [0.3, 0.4) is 0 Å². The van der Waals surface area contributed by atoms with Gasteiger partial charge < -0.3 is 10.6 Å². The Morgan fingerprint density at radius 3 is 2.61 bits per heavy atom. The van der Waals surface area contributed by atoms with Crippen molar-refractivity contribution in [1.29, 1.82) is 0 Å². The molecule has 8 nitrogen and oxygen atoms in total. The molecule has 0 radical (unpaired) electrons. The lowest BCUT2D eigenvalue weighted by atomic mass is 10.1. The van der Waals surface area contributed by atoms with Crippen LogP contribution < -0.4 is 10.6 Å². The van der Waals surface area contributed by atoms with Crippen molar-refractivity contribution < 1.29 is 8.42 Å². The van der Waals surface area contributed by atoms with Gasteiger partial charge in [-0.2, -0.15) is 4.31 Å². The first-order valence-electron chi connectivity index (χ1n) is 10.1. The molecule has 2 N–H and O–H groups in total. The highest BCUT2D eigenvalue weighted by Gasteiger charge is 2.34. The second-order valence-electron chi connectivity index (χ2n) is 7.89. The zero-order valence-electron chi connectivity index (χ0n) is 17.7. The predicted octanol–water partition coefficient (Wildman–Crippen LogP) is 3.61. The van der Waals surface area contributed by atoms with Crippen molar-refractivity contribution in [3.63, 3.8) is 0 Å². The lowest BCUT2D eigenvalue weighted by Crippen LogP contribution is -2.48. The van der Waals surface area contributed by atoms with Crippen LogP contribution in [0.2, 0.25) is 0 Å². The summed E-state index contributed by atoms with van der Waals surface area (Å²) in [6.07, 6.45) is 5.61. The minimum atomic E-state index is -3.41. The van der Waals surface area contributed by atoms with Gasteiger partial charge in [-0.15, -0.1) is 11.8 Å². The number of sulfonamides is 1. The fourth-order valence-corrected chi connectivity index (χ4v) is 6.25. The molecule has 1 atom stereocenters. The molecule has 2 aromatic heterocycles. The second kappa shape index (κ2) is 9.27. The molecule has 1 fully saturated rings. The van der Waals surface area contributed by atoms with E-state index in [1.807, 2.05) is 6.26 Å². The van der Waals surface area contributed by atoms with Crippen LogP contribution in [-0.2, 0) is 10.0 Å². The van der Waals surface area contributed by atoms with E-state index in [0.717, 1.165) is 33.3 Å². The Labute approximate surface area is 190 Å². The van der Waals surface area contributed by atoms with Gasteiger partial charge in [0.2, 0.25) is 16.0 Å². The molecule has 0 saturated carbocycles. The molecule has 3 aromatic rings. The van der Waals surface area contributed by atoms with Crippen molar-refractivity contribution in [1.82, 2.24) is 19.3 Å². The predicted molar refractivity (Wildman–Crippen MR) is 127 cm³/mol. The third-order valence-electron chi connectivity index (χ3n) is 5.10. The number of nitrogens with one attached hydrogen (secondary N) is 2. The van der Waals surface area contributed by atoms with Crippen LogP contribution in [0, 0.1) is 11.8 Å². The lowest BCUT2D eigenvalue weighted by molar-refractivity contribution is 0.218. The minimum absolute atomic E-state index is 0.320. The van der Waals surface area contributed by atoms with E-state index in [9.17, 15) is 8.42 Å². The smallest absolute Gasteiger partial charge is 0.243 e. The first-order valence-corrected chi connectivity index (χ1v) is 13.6. The molecule has 1 unspecified atom stereocenters. The molecular weight excluding hydrogens is 452 g/mol. The fourth-order valence-electron chi connectivity index (χ4n) is 3.24. The van der Waals surface area contributed by atoms with Crippen molar-refractivity contribution in [2.45, 2.75) is 23.6 Å². The Kier molecular flexibility index (Phi) is 6.65. The highest BCUT2D eigenvalue weighted by atomic mass is 32.2. The summed E-state index contributed by atoms with van der Waals surface area (Å²) in [5.41, 5.74) is 0.802. The van der Waals surface area contributed by atoms with Gasteiger partial charge in [-0.1, -0.05) is 25.2 Å². The Morgan fingerprint density at radius 2 is 1.94 bits per heavy atom. The second-order valence-corrected chi connectivity index (χ2v) is 11.7. The third kappa shape index (κ3) is 5.11. The number of rotatable bonds is 9. The van der Waals surface area contributed by atoms with E-state index in [-0.39, 0.29) is 0 Å². The molecule has 0 amide bonds. The monoisotopic (exact) mass is 478 g/mol. The number of fused-ring (bicyclic) bond motifs is 1. The van der Waals surface area contributed by atoms with E-state index in [4.69, 9.17) is 0 Å². The summed E-state index contributed by atoms with van der Waals surface area (Å²) in [5, 5.41) is 7.39. The number of hydrogen-bond acceptors (Lipinski definition) is 9. The normalized spacial score (nSPS) is 16.2. The molecule has 31 heavy (non-hydrogen) atoms. The maximum Gasteiger partial charge on any atom is 0.243 e. The average Bonchev–Trinajstić information content (AvgIpc) is 3.16. The first kappa shape index (κ1) is 22.3. The van der Waals surface area contributed by atoms with E-state index >= 15 is 0 Å². The molecular formula is C20H26N6O2S3. The average molecular weight is 479 g/mol. The van der Waals surface area contributed by atoms with Crippen LogP contribution in [0.4, 0.5) is 11.1 Å². The Morgan fingerprint density at radius 1 is 1.23 bits per heavy atom. The lowest BCUT2D eigenvalue weighted by Gasteiger charge is -2.35. The van der Waals surface area contributed by atoms with Gasteiger partial charge in [0.15, 0.2) is 5.13 Å². The summed E-state index contributed by atoms with van der Waals surface area (Å²) in [5.74, 6) is 1.37. The molecule has 1 aromatic carbocycles. The molecule has 0 aliphatic carbocycles. The number of benzene rings is 1. The standard InChI is InChI=1S/C20H26N6O2S3/c1-13(7-21-19-22-9-15(29-3)10-23-19)8-24-20-25-17-5-4-16(6-18(17)30-20)31(27,28)26-11-14(2)12-26/h4-6,9-10,13-14H,7-8,11-12H2,1-3H3,(H,24,25)(H,21,22,23). The Bertz CT molecular complexity index is 1140. The summed E-state index contributed by atoms with van der Waals surface area (Å²) < 4.78 is 27.9. The van der Waals surface area contributed by atoms with Gasteiger partial charge in [-0.25, -0.2) is 23.4 Å². The summed E-state index contributed by atoms with van der Waals surface area (Å²) in [6.45, 7) is 6.83. The van der Waals surface area contributed by atoms with Crippen molar-refractivity contribution in [2.75, 3.05) is 43.1 Å². The first-order chi connectivity index (χ1) is 14.8. The molecule has 0 spiro atoms. The van der Waals surface area contributed by atoms with Gasteiger partial charge >= 0.3 is 0 Å². The molecule has 0 bridgehead atoms. The van der Waals surface area contributed by atoms with Gasteiger partial charge in [-0.3, -0.25) is 0 Å². The molecule has 166 valence electrons. The highest BCUT2D eigenvalue weighted by Crippen LogP contribution is 2.31. The molecule has 4 rings (SSSR count). The van der Waals surface area contributed by atoms with E-state index < -0.39 is 10.0 Å². The van der Waals surface area contributed by atoms with Crippen LogP contribution in [0.1, 0.15) is 13.8 Å². The number of anilines is 2. The SMILES string of the molecule is CSc1cnc(NCC(C)CNc2nc3ccc(S(=O)(=O)N4CC(C)C4)cc3s2)nc1. The van der Waals surface area contributed by atoms with Gasteiger partial charge in [0.25, 0.3) is 0 Å². The molecule has 1 aliphatic heterocycles. The summed E-state index contributed by atoms with van der Waals surface area (Å²) in [4.78, 5) is 14.6. The van der Waals surface area contributed by atoms with E-state index in [1.165, 1.54) is 15.6 Å². The number of aromatic nitrogens is 3. The summed E-state index contributed by atoms with van der Waals surface area (Å²) in [7, 11) is -3.41. The minimum Gasteiger partial charge on any atom is -0.361 e. The maximum atomic E-state index is 12.7. The van der Waals surface area contributed by atoms with Gasteiger partial charge in [0.1, 0.15) is 0 Å². The molecule has 1 aliphatic rings. The van der Waals surface area contributed by atoms with Crippen LogP contribution in [0.5, 0.6) is 0 Å². The van der Waals surface area contributed by atoms with Crippen molar-refractivity contribution >= 4 is 54.4 Å². The van der Waals surface area contributed by atoms with E-state index in [1.54, 1.807) is 42.4 Å². The molecule has 11 heteroatoms. The van der Waals surface area contributed by atoms with E-state index in [0.29, 0.717) is 35.8 Å². The van der Waals surface area contributed by atoms with Crippen LogP contribution in [0.25, 0.3) is 10.2 Å². The quantitative estimate of drug-likeness (QED) is 0.450. The number of hydrogen-bond donors (Lipinski definition) is 2. The zero-order chi connectivity index (χ0) is 22.0. The highest BCUT2D eigenvalue weighted by molar-refractivity contribution is 7.98. The van der Waals surface area contributed by atoms with Crippen LogP contribution >= 0.6 is 23.1 Å². The van der Waals surface area contributed by atoms with Crippen molar-refractivity contribution in [2.24, 2.45) is 11.8 Å². The van der Waals surface area contributed by atoms with Gasteiger partial charge in [0.05, 0.1) is 15.1 Å². The Balaban J connectivity index is 1.34. The topological polar surface area (TPSA) is 100 Å². The molecule has 1 saturated heterocycles. The summed E-state index contributed by atoms with van der Waals surface area (Å²) in [6, 6.07) is 5.17.